The lowest BCUT2D eigenvalue weighted by atomic mass is 9.85. The number of carbonyl (C=O) groups excluding carboxylic acids is 1. The number of hydrogen-bond donors (Lipinski definition) is 1. The minimum absolute atomic E-state index is 0.283. The summed E-state index contributed by atoms with van der Waals surface area (Å²) in [6.07, 6.45) is 3.10. The summed E-state index contributed by atoms with van der Waals surface area (Å²) in [5.41, 5.74) is 3.10. The van der Waals surface area contributed by atoms with E-state index in [1.807, 2.05) is 18.2 Å². The van der Waals surface area contributed by atoms with Gasteiger partial charge in [0, 0.05) is 19.0 Å². The molecule has 0 unspecified atom stereocenters. The van der Waals surface area contributed by atoms with Crippen molar-refractivity contribution in [2.45, 2.75) is 57.2 Å². The molecule has 1 aromatic heterocycles. The van der Waals surface area contributed by atoms with E-state index in [1.54, 1.807) is 7.11 Å². The predicted molar refractivity (Wildman–Crippen MR) is 111 cm³/mol. The average molecular weight is 395 g/mol. The first kappa shape index (κ1) is 18.7. The number of nitrogens with zero attached hydrogens (tertiary/aromatic N) is 3. The topological polar surface area (TPSA) is 61.5 Å². The number of benzene rings is 1. The van der Waals surface area contributed by atoms with Crippen molar-refractivity contribution in [1.29, 1.82) is 0 Å². The van der Waals surface area contributed by atoms with E-state index >= 15 is 0 Å². The summed E-state index contributed by atoms with van der Waals surface area (Å²) in [5, 5.41) is 7.79. The molecule has 1 spiro atoms. The molecule has 29 heavy (non-hydrogen) atoms. The Morgan fingerprint density at radius 3 is 2.97 bits per heavy atom. The molecule has 154 valence electrons. The van der Waals surface area contributed by atoms with E-state index in [9.17, 15) is 4.79 Å². The van der Waals surface area contributed by atoms with Gasteiger partial charge in [0.05, 0.1) is 24.5 Å². The number of H-pyrrole nitrogens is 1. The van der Waals surface area contributed by atoms with Crippen LogP contribution in [0.15, 0.2) is 30.3 Å². The van der Waals surface area contributed by atoms with E-state index in [4.69, 9.17) is 4.74 Å². The van der Waals surface area contributed by atoms with Gasteiger partial charge in [-0.1, -0.05) is 26.0 Å². The van der Waals surface area contributed by atoms with Crippen LogP contribution in [0, 0.1) is 5.92 Å². The van der Waals surface area contributed by atoms with Gasteiger partial charge in [-0.15, -0.1) is 0 Å². The van der Waals surface area contributed by atoms with E-state index in [0.29, 0.717) is 24.3 Å². The smallest absolute Gasteiger partial charge is 0.243 e. The van der Waals surface area contributed by atoms with Crippen LogP contribution in [-0.4, -0.2) is 51.6 Å². The average Bonchev–Trinajstić information content (AvgIpc) is 3.46. The Bertz CT molecular complexity index is 923. The number of rotatable bonds is 5. The number of aromatic nitrogens is 2. The van der Waals surface area contributed by atoms with Gasteiger partial charge in [0.1, 0.15) is 11.3 Å². The number of amides is 1. The van der Waals surface area contributed by atoms with Crippen LogP contribution in [0.5, 0.6) is 5.75 Å². The zero-order chi connectivity index (χ0) is 20.2. The molecule has 0 radical (unpaired) electrons. The normalized spacial score (nSPS) is 29.0. The van der Waals surface area contributed by atoms with E-state index in [-0.39, 0.29) is 11.6 Å². The van der Waals surface area contributed by atoms with E-state index in [1.165, 1.54) is 5.69 Å². The highest BCUT2D eigenvalue weighted by molar-refractivity contribution is 5.90. The van der Waals surface area contributed by atoms with Crippen LogP contribution in [0.2, 0.25) is 0 Å². The minimum Gasteiger partial charge on any atom is -0.497 e. The van der Waals surface area contributed by atoms with Crippen LogP contribution in [0.3, 0.4) is 0 Å². The molecule has 0 bridgehead atoms. The third-order valence-electron chi connectivity index (χ3n) is 7.20. The van der Waals surface area contributed by atoms with Crippen molar-refractivity contribution in [1.82, 2.24) is 20.0 Å². The lowest BCUT2D eigenvalue weighted by Crippen LogP contribution is -2.49. The monoisotopic (exact) mass is 394 g/mol. The maximum Gasteiger partial charge on any atom is 0.243 e. The van der Waals surface area contributed by atoms with Gasteiger partial charge in [0.15, 0.2) is 0 Å². The number of methoxy groups -OCH3 is 1. The van der Waals surface area contributed by atoms with E-state index < -0.39 is 0 Å². The lowest BCUT2D eigenvalue weighted by Gasteiger charge is -2.33. The van der Waals surface area contributed by atoms with Crippen LogP contribution >= 0.6 is 0 Å². The third-order valence-corrected chi connectivity index (χ3v) is 7.20. The largest absolute Gasteiger partial charge is 0.497 e. The maximum atomic E-state index is 13.7. The summed E-state index contributed by atoms with van der Waals surface area (Å²) in [4.78, 5) is 18.2. The summed E-state index contributed by atoms with van der Waals surface area (Å²) in [7, 11) is 1.68. The van der Waals surface area contributed by atoms with Crippen molar-refractivity contribution < 1.29 is 9.53 Å². The Kier molecular flexibility index (Phi) is 4.42. The molecular formula is C23H30N4O2. The number of ether oxygens (including phenoxy) is 1. The molecule has 5 rings (SSSR count). The van der Waals surface area contributed by atoms with Gasteiger partial charge in [0.2, 0.25) is 5.91 Å². The number of nitrogens with one attached hydrogen (secondary N) is 1. The van der Waals surface area contributed by atoms with Gasteiger partial charge in [-0.3, -0.25) is 14.8 Å². The lowest BCUT2D eigenvalue weighted by molar-refractivity contribution is -0.137. The van der Waals surface area contributed by atoms with Crippen molar-refractivity contribution in [2.24, 2.45) is 5.92 Å². The van der Waals surface area contributed by atoms with Crippen molar-refractivity contribution in [3.63, 3.8) is 0 Å². The Morgan fingerprint density at radius 2 is 2.21 bits per heavy atom. The zero-order valence-corrected chi connectivity index (χ0v) is 17.5. The molecule has 1 N–H and O–H groups in total. The molecule has 6 heteroatoms. The molecule has 1 aromatic carbocycles. The number of hydrogen-bond acceptors (Lipinski definition) is 4. The second-order valence-electron chi connectivity index (χ2n) is 9.11. The standard InChI is InChI=1S/C23H30N4O2/c1-15(2)19-12-20(25-24-19)21-11-17-14-26(13-16-6-4-7-18(10-16)29-3)22(28)23(17)8-5-9-27(21)23/h4,6-7,10,12,15,17,21H,5,8-9,11,13-14H2,1-3H3,(H,24,25)/t17-,21-,23-/m0/s1. The molecule has 3 saturated heterocycles. The molecule has 3 aliphatic rings. The summed E-state index contributed by atoms with van der Waals surface area (Å²) < 4.78 is 5.35. The number of aromatic amines is 1. The molecule has 0 aliphatic carbocycles. The first-order valence-electron chi connectivity index (χ1n) is 10.8. The van der Waals surface area contributed by atoms with Crippen LogP contribution in [0.4, 0.5) is 0 Å². The highest BCUT2D eigenvalue weighted by Gasteiger charge is 2.65. The Hall–Kier alpha value is -2.34. The maximum absolute atomic E-state index is 13.7. The molecule has 3 aliphatic heterocycles. The van der Waals surface area contributed by atoms with Gasteiger partial charge in [0.25, 0.3) is 0 Å². The summed E-state index contributed by atoms with van der Waals surface area (Å²) in [6.45, 7) is 6.83. The molecule has 4 heterocycles. The van der Waals surface area contributed by atoms with Crippen LogP contribution in [0.1, 0.15) is 62.0 Å². The van der Waals surface area contributed by atoms with Crippen molar-refractivity contribution >= 4 is 5.91 Å². The second-order valence-corrected chi connectivity index (χ2v) is 9.11. The van der Waals surface area contributed by atoms with Gasteiger partial charge < -0.3 is 9.64 Å². The molecule has 3 fully saturated rings. The van der Waals surface area contributed by atoms with E-state index in [2.05, 4.69) is 46.0 Å². The highest BCUT2D eigenvalue weighted by atomic mass is 16.5. The summed E-state index contributed by atoms with van der Waals surface area (Å²) in [5.74, 6) is 1.96. The fourth-order valence-electron chi connectivity index (χ4n) is 5.82. The Balaban J connectivity index is 1.39. The van der Waals surface area contributed by atoms with Crippen LogP contribution in [0.25, 0.3) is 0 Å². The van der Waals surface area contributed by atoms with Crippen LogP contribution in [-0.2, 0) is 11.3 Å². The van der Waals surface area contributed by atoms with Crippen LogP contribution < -0.4 is 4.74 Å². The molecule has 3 atom stereocenters. The highest BCUT2D eigenvalue weighted by Crippen LogP contribution is 2.56. The van der Waals surface area contributed by atoms with Gasteiger partial charge >= 0.3 is 0 Å². The fourth-order valence-corrected chi connectivity index (χ4v) is 5.82. The Morgan fingerprint density at radius 1 is 1.34 bits per heavy atom. The van der Waals surface area contributed by atoms with Crippen molar-refractivity contribution in [2.75, 3.05) is 20.2 Å². The molecule has 6 nitrogen and oxygen atoms in total. The minimum atomic E-state index is -0.313. The first-order chi connectivity index (χ1) is 14.0. The molecular weight excluding hydrogens is 364 g/mol. The van der Waals surface area contributed by atoms with Crippen molar-refractivity contribution in [3.8, 4) is 5.75 Å². The predicted octanol–water partition coefficient (Wildman–Crippen LogP) is 3.48. The second kappa shape index (κ2) is 6.87. The number of likely N-dealkylation sites (tertiary alicyclic amines) is 1. The molecule has 2 aromatic rings. The summed E-state index contributed by atoms with van der Waals surface area (Å²) >= 11 is 0. The number of carbonyl (C=O) groups is 1. The third kappa shape index (κ3) is 2.80. The first-order valence-corrected chi connectivity index (χ1v) is 10.8. The van der Waals surface area contributed by atoms with E-state index in [0.717, 1.165) is 49.4 Å². The van der Waals surface area contributed by atoms with Crippen molar-refractivity contribution in [3.05, 3.63) is 47.3 Å². The zero-order valence-electron chi connectivity index (χ0n) is 17.5. The molecule has 0 saturated carbocycles. The van der Waals surface area contributed by atoms with Gasteiger partial charge in [-0.2, -0.15) is 5.10 Å². The SMILES string of the molecule is COc1cccc(CN2C[C@@H]3C[C@@H](c4cc(C(C)C)n[nH]4)N4CCC[C@@]34C2=O)c1. The quantitative estimate of drug-likeness (QED) is 0.843. The fraction of sp³-hybridized carbons (Fsp3) is 0.565. The Labute approximate surface area is 172 Å². The van der Waals surface area contributed by atoms with Gasteiger partial charge in [-0.25, -0.2) is 0 Å². The van der Waals surface area contributed by atoms with Gasteiger partial charge in [-0.05, 0) is 55.5 Å². The molecule has 1 amide bonds. The summed E-state index contributed by atoms with van der Waals surface area (Å²) in [6, 6.07) is 10.5.